The summed E-state index contributed by atoms with van der Waals surface area (Å²) < 4.78 is 10.7. The summed E-state index contributed by atoms with van der Waals surface area (Å²) in [6.45, 7) is 3.31. The third-order valence-electron chi connectivity index (χ3n) is 3.55. The molecule has 21 heavy (non-hydrogen) atoms. The van der Waals surface area contributed by atoms with Gasteiger partial charge in [0, 0.05) is 17.6 Å². The molecule has 1 aliphatic rings. The second-order valence-electron chi connectivity index (χ2n) is 5.30. The van der Waals surface area contributed by atoms with Gasteiger partial charge in [-0.2, -0.15) is 0 Å². The van der Waals surface area contributed by atoms with Crippen molar-refractivity contribution < 1.29 is 9.47 Å². The average Bonchev–Trinajstić information content (AvgIpc) is 2.95. The fourth-order valence-corrected chi connectivity index (χ4v) is 2.52. The lowest BCUT2D eigenvalue weighted by Crippen LogP contribution is -2.27. The molecule has 0 saturated heterocycles. The SMILES string of the molecule is CC(Cc1ccc(Cl)cc1)NCc1ccc2c(c1)OCO2. The topological polar surface area (TPSA) is 30.5 Å². The number of ether oxygens (including phenoxy) is 2. The Bertz CT molecular complexity index is 613. The van der Waals surface area contributed by atoms with Crippen molar-refractivity contribution in [3.63, 3.8) is 0 Å². The zero-order chi connectivity index (χ0) is 14.7. The first-order valence-electron chi connectivity index (χ1n) is 7.07. The lowest BCUT2D eigenvalue weighted by Gasteiger charge is -2.14. The van der Waals surface area contributed by atoms with E-state index in [0.29, 0.717) is 12.8 Å². The summed E-state index contributed by atoms with van der Waals surface area (Å²) >= 11 is 5.90. The number of nitrogens with one attached hydrogen (secondary N) is 1. The molecule has 4 heteroatoms. The highest BCUT2D eigenvalue weighted by molar-refractivity contribution is 6.30. The number of rotatable bonds is 5. The summed E-state index contributed by atoms with van der Waals surface area (Å²) in [7, 11) is 0. The van der Waals surface area contributed by atoms with Gasteiger partial charge in [-0.05, 0) is 48.7 Å². The fraction of sp³-hybridized carbons (Fsp3) is 0.294. The lowest BCUT2D eigenvalue weighted by atomic mass is 10.1. The summed E-state index contributed by atoms with van der Waals surface area (Å²) in [5.41, 5.74) is 2.48. The predicted molar refractivity (Wildman–Crippen MR) is 84.0 cm³/mol. The van der Waals surface area contributed by atoms with Gasteiger partial charge in [0.2, 0.25) is 6.79 Å². The van der Waals surface area contributed by atoms with Crippen molar-refractivity contribution in [3.05, 3.63) is 58.6 Å². The fourth-order valence-electron chi connectivity index (χ4n) is 2.39. The Balaban J connectivity index is 1.53. The number of fused-ring (bicyclic) bond motifs is 1. The zero-order valence-electron chi connectivity index (χ0n) is 11.9. The lowest BCUT2D eigenvalue weighted by molar-refractivity contribution is 0.174. The Labute approximate surface area is 129 Å². The minimum absolute atomic E-state index is 0.319. The first kappa shape index (κ1) is 14.2. The smallest absolute Gasteiger partial charge is 0.231 e. The Hall–Kier alpha value is -1.71. The Morgan fingerprint density at radius 1 is 1.05 bits per heavy atom. The van der Waals surface area contributed by atoms with Crippen LogP contribution >= 0.6 is 11.6 Å². The van der Waals surface area contributed by atoms with Crippen LogP contribution in [-0.2, 0) is 13.0 Å². The molecule has 0 aliphatic carbocycles. The molecule has 1 N–H and O–H groups in total. The van der Waals surface area contributed by atoms with E-state index in [0.717, 1.165) is 29.5 Å². The molecule has 0 bridgehead atoms. The normalized spacial score (nSPS) is 14.2. The predicted octanol–water partition coefficient (Wildman–Crippen LogP) is 3.79. The molecule has 0 saturated carbocycles. The van der Waals surface area contributed by atoms with Crippen LogP contribution in [0.2, 0.25) is 5.02 Å². The molecule has 0 spiro atoms. The quantitative estimate of drug-likeness (QED) is 0.911. The van der Waals surface area contributed by atoms with Crippen LogP contribution in [0.15, 0.2) is 42.5 Å². The van der Waals surface area contributed by atoms with Crippen molar-refractivity contribution in [1.29, 1.82) is 0 Å². The highest BCUT2D eigenvalue weighted by Crippen LogP contribution is 2.32. The maximum absolute atomic E-state index is 5.90. The summed E-state index contributed by atoms with van der Waals surface area (Å²) in [6, 6.07) is 14.4. The zero-order valence-corrected chi connectivity index (χ0v) is 12.7. The third kappa shape index (κ3) is 3.69. The molecule has 0 radical (unpaired) electrons. The van der Waals surface area contributed by atoms with Crippen molar-refractivity contribution in [2.45, 2.75) is 25.9 Å². The highest BCUT2D eigenvalue weighted by Gasteiger charge is 2.13. The van der Waals surface area contributed by atoms with Gasteiger partial charge in [-0.15, -0.1) is 0 Å². The Morgan fingerprint density at radius 3 is 2.57 bits per heavy atom. The molecule has 3 rings (SSSR count). The van der Waals surface area contributed by atoms with Gasteiger partial charge in [-0.1, -0.05) is 29.8 Å². The minimum Gasteiger partial charge on any atom is -0.454 e. The van der Waals surface area contributed by atoms with Gasteiger partial charge in [-0.25, -0.2) is 0 Å². The summed E-state index contributed by atoms with van der Waals surface area (Å²) in [5, 5.41) is 4.30. The molecule has 2 aromatic rings. The van der Waals surface area contributed by atoms with Crippen LogP contribution in [0.25, 0.3) is 0 Å². The van der Waals surface area contributed by atoms with Crippen LogP contribution in [0, 0.1) is 0 Å². The molecular weight excluding hydrogens is 286 g/mol. The first-order valence-corrected chi connectivity index (χ1v) is 7.45. The van der Waals surface area contributed by atoms with E-state index in [-0.39, 0.29) is 0 Å². The van der Waals surface area contributed by atoms with Crippen molar-refractivity contribution in [2.24, 2.45) is 0 Å². The number of hydrogen-bond acceptors (Lipinski definition) is 3. The van der Waals surface area contributed by atoms with E-state index in [4.69, 9.17) is 21.1 Å². The van der Waals surface area contributed by atoms with Gasteiger partial charge >= 0.3 is 0 Å². The number of halogens is 1. The van der Waals surface area contributed by atoms with Crippen LogP contribution in [0.1, 0.15) is 18.1 Å². The van der Waals surface area contributed by atoms with E-state index in [1.165, 1.54) is 11.1 Å². The summed E-state index contributed by atoms with van der Waals surface area (Å²) in [4.78, 5) is 0. The highest BCUT2D eigenvalue weighted by atomic mass is 35.5. The molecule has 1 aliphatic heterocycles. The van der Waals surface area contributed by atoms with Crippen LogP contribution in [0.4, 0.5) is 0 Å². The van der Waals surface area contributed by atoms with Crippen molar-refractivity contribution in [3.8, 4) is 11.5 Å². The van der Waals surface area contributed by atoms with Crippen LogP contribution in [0.5, 0.6) is 11.5 Å². The minimum atomic E-state index is 0.319. The molecule has 0 fully saturated rings. The van der Waals surface area contributed by atoms with Crippen LogP contribution in [0.3, 0.4) is 0 Å². The molecule has 1 unspecified atom stereocenters. The maximum Gasteiger partial charge on any atom is 0.231 e. The van der Waals surface area contributed by atoms with Crippen LogP contribution < -0.4 is 14.8 Å². The average molecular weight is 304 g/mol. The molecule has 0 aromatic heterocycles. The Kier molecular flexibility index (Phi) is 4.32. The molecular formula is C17H18ClNO2. The van der Waals surface area contributed by atoms with E-state index >= 15 is 0 Å². The van der Waals surface area contributed by atoms with Gasteiger partial charge in [-0.3, -0.25) is 0 Å². The second kappa shape index (κ2) is 6.37. The molecule has 1 atom stereocenters. The molecule has 0 amide bonds. The van der Waals surface area contributed by atoms with Crippen molar-refractivity contribution >= 4 is 11.6 Å². The summed E-state index contributed by atoms with van der Waals surface area (Å²) in [6.07, 6.45) is 0.974. The molecule has 110 valence electrons. The number of benzene rings is 2. The molecule has 2 aromatic carbocycles. The largest absolute Gasteiger partial charge is 0.454 e. The van der Waals surface area contributed by atoms with E-state index in [1.54, 1.807) is 0 Å². The van der Waals surface area contributed by atoms with E-state index in [9.17, 15) is 0 Å². The van der Waals surface area contributed by atoms with Crippen molar-refractivity contribution in [1.82, 2.24) is 5.32 Å². The molecule has 3 nitrogen and oxygen atoms in total. The Morgan fingerprint density at radius 2 is 1.76 bits per heavy atom. The standard InChI is InChI=1S/C17H18ClNO2/c1-12(8-13-2-5-15(18)6-3-13)19-10-14-4-7-16-17(9-14)21-11-20-16/h2-7,9,12,19H,8,10-11H2,1H3. The molecule has 1 heterocycles. The monoisotopic (exact) mass is 303 g/mol. The maximum atomic E-state index is 5.90. The number of hydrogen-bond donors (Lipinski definition) is 1. The summed E-state index contributed by atoms with van der Waals surface area (Å²) in [5.74, 6) is 1.66. The van der Waals surface area contributed by atoms with Gasteiger partial charge in [0.15, 0.2) is 11.5 Å². The van der Waals surface area contributed by atoms with Gasteiger partial charge in [0.25, 0.3) is 0 Å². The van der Waals surface area contributed by atoms with Gasteiger partial charge in [0.05, 0.1) is 0 Å². The van der Waals surface area contributed by atoms with E-state index < -0.39 is 0 Å². The van der Waals surface area contributed by atoms with E-state index in [1.807, 2.05) is 24.3 Å². The van der Waals surface area contributed by atoms with Crippen molar-refractivity contribution in [2.75, 3.05) is 6.79 Å². The van der Waals surface area contributed by atoms with E-state index in [2.05, 4.69) is 30.4 Å². The second-order valence-corrected chi connectivity index (χ2v) is 5.74. The van der Waals surface area contributed by atoms with Crippen LogP contribution in [-0.4, -0.2) is 12.8 Å². The first-order chi connectivity index (χ1) is 10.2. The third-order valence-corrected chi connectivity index (χ3v) is 3.80. The van der Waals surface area contributed by atoms with Gasteiger partial charge < -0.3 is 14.8 Å². The van der Waals surface area contributed by atoms with Gasteiger partial charge in [0.1, 0.15) is 0 Å².